The van der Waals surface area contributed by atoms with Gasteiger partial charge >= 0.3 is 0 Å². The summed E-state index contributed by atoms with van der Waals surface area (Å²) in [5.41, 5.74) is 4.87. The molecule has 1 atom stereocenters. The fourth-order valence-electron chi connectivity index (χ4n) is 4.05. The van der Waals surface area contributed by atoms with Gasteiger partial charge in [0.15, 0.2) is 0 Å². The van der Waals surface area contributed by atoms with E-state index in [1.165, 1.54) is 27.5 Å². The molecule has 0 aromatic heterocycles. The van der Waals surface area contributed by atoms with E-state index in [0.717, 1.165) is 18.7 Å². The van der Waals surface area contributed by atoms with Crippen LogP contribution in [-0.4, -0.2) is 12.5 Å². The molecule has 0 N–H and O–H groups in total. The van der Waals surface area contributed by atoms with Crippen molar-refractivity contribution in [2.75, 3.05) is 11.4 Å². The van der Waals surface area contributed by atoms with E-state index in [-0.39, 0.29) is 11.8 Å². The Morgan fingerprint density at radius 1 is 1.04 bits per heavy atom. The van der Waals surface area contributed by atoms with E-state index in [1.807, 2.05) is 4.90 Å². The first-order valence-corrected chi connectivity index (χ1v) is 9.07. The second-order valence-electron chi connectivity index (χ2n) is 6.94. The number of nitrogens with zero attached hydrogens (tertiary/aromatic N) is 1. The summed E-state index contributed by atoms with van der Waals surface area (Å²) in [4.78, 5) is 14.9. The van der Waals surface area contributed by atoms with Gasteiger partial charge in [-0.1, -0.05) is 67.1 Å². The lowest BCUT2D eigenvalue weighted by Crippen LogP contribution is -2.37. The van der Waals surface area contributed by atoms with E-state index in [4.69, 9.17) is 0 Å². The Bertz CT molecular complexity index is 944. The Morgan fingerprint density at radius 3 is 2.68 bits per heavy atom. The van der Waals surface area contributed by atoms with Crippen LogP contribution in [0.2, 0.25) is 0 Å². The Labute approximate surface area is 149 Å². The number of aryl methyl sites for hydroxylation is 1. The van der Waals surface area contributed by atoms with Gasteiger partial charge in [0.2, 0.25) is 5.91 Å². The van der Waals surface area contributed by atoms with Gasteiger partial charge in [0, 0.05) is 24.6 Å². The summed E-state index contributed by atoms with van der Waals surface area (Å²) in [7, 11) is 0. The molecular formula is C23H23NO. The monoisotopic (exact) mass is 329 g/mol. The molecule has 3 aromatic rings. The minimum Gasteiger partial charge on any atom is -0.312 e. The van der Waals surface area contributed by atoms with Gasteiger partial charge in [-0.15, -0.1) is 0 Å². The van der Waals surface area contributed by atoms with Crippen molar-refractivity contribution in [2.24, 2.45) is 0 Å². The molecule has 1 amide bonds. The van der Waals surface area contributed by atoms with Gasteiger partial charge in [-0.25, -0.2) is 0 Å². The molecular weight excluding hydrogens is 306 g/mol. The van der Waals surface area contributed by atoms with Gasteiger partial charge in [0.25, 0.3) is 0 Å². The maximum atomic E-state index is 12.9. The average Bonchev–Trinajstić information content (AvgIpc) is 2.63. The van der Waals surface area contributed by atoms with Gasteiger partial charge in [-0.05, 0) is 41.3 Å². The van der Waals surface area contributed by atoms with Crippen LogP contribution >= 0.6 is 0 Å². The number of hydrogen-bond acceptors (Lipinski definition) is 1. The third-order valence-electron chi connectivity index (χ3n) is 5.16. The topological polar surface area (TPSA) is 20.3 Å². The largest absolute Gasteiger partial charge is 0.312 e. The number of amides is 1. The summed E-state index contributed by atoms with van der Waals surface area (Å²) in [6.45, 7) is 5.02. The van der Waals surface area contributed by atoms with Crippen molar-refractivity contribution in [1.82, 2.24) is 0 Å². The lowest BCUT2D eigenvalue weighted by atomic mass is 9.81. The van der Waals surface area contributed by atoms with Crippen molar-refractivity contribution in [3.63, 3.8) is 0 Å². The molecule has 4 rings (SSSR count). The summed E-state index contributed by atoms with van der Waals surface area (Å²) in [6, 6.07) is 21.4. The van der Waals surface area contributed by atoms with Crippen molar-refractivity contribution in [2.45, 2.75) is 32.6 Å². The van der Waals surface area contributed by atoms with Crippen molar-refractivity contribution in [3.8, 4) is 0 Å². The molecule has 0 bridgehead atoms. The maximum absolute atomic E-state index is 12.9. The van der Waals surface area contributed by atoms with Crippen LogP contribution in [0.1, 0.15) is 42.4 Å². The quantitative estimate of drug-likeness (QED) is 0.627. The van der Waals surface area contributed by atoms with Crippen molar-refractivity contribution < 1.29 is 4.79 Å². The van der Waals surface area contributed by atoms with Crippen LogP contribution in [-0.2, 0) is 4.79 Å². The lowest BCUT2D eigenvalue weighted by Gasteiger charge is -2.35. The first-order valence-electron chi connectivity index (χ1n) is 9.07. The highest BCUT2D eigenvalue weighted by molar-refractivity contribution is 6.03. The van der Waals surface area contributed by atoms with E-state index >= 15 is 0 Å². The molecule has 0 aliphatic carbocycles. The second kappa shape index (κ2) is 6.36. The van der Waals surface area contributed by atoms with Gasteiger partial charge in [0.05, 0.1) is 0 Å². The number of rotatable bonds is 3. The third kappa shape index (κ3) is 2.72. The van der Waals surface area contributed by atoms with Crippen LogP contribution in [0, 0.1) is 6.92 Å². The molecule has 0 radical (unpaired) electrons. The molecule has 1 heterocycles. The molecule has 1 aliphatic rings. The lowest BCUT2D eigenvalue weighted by molar-refractivity contribution is -0.119. The summed E-state index contributed by atoms with van der Waals surface area (Å²) >= 11 is 0. The Balaban J connectivity index is 1.98. The van der Waals surface area contributed by atoms with Gasteiger partial charge in [0.1, 0.15) is 0 Å². The van der Waals surface area contributed by atoms with Gasteiger partial charge < -0.3 is 4.90 Å². The Kier molecular flexibility index (Phi) is 4.04. The molecule has 0 spiro atoms. The minimum absolute atomic E-state index is 0.126. The van der Waals surface area contributed by atoms with Crippen LogP contribution in [0.5, 0.6) is 0 Å². The number of carbonyl (C=O) groups is 1. The smallest absolute Gasteiger partial charge is 0.227 e. The Morgan fingerprint density at radius 2 is 1.88 bits per heavy atom. The number of benzene rings is 3. The summed E-state index contributed by atoms with van der Waals surface area (Å²) in [5, 5.41) is 2.50. The molecule has 0 saturated carbocycles. The molecule has 1 aliphatic heterocycles. The zero-order valence-electron chi connectivity index (χ0n) is 14.8. The minimum atomic E-state index is 0.126. The van der Waals surface area contributed by atoms with Crippen molar-refractivity contribution >= 4 is 22.4 Å². The molecule has 126 valence electrons. The SMILES string of the molecule is CCCN1C(=O)CC(c2cccc(C)c2)c2c1ccc1ccccc21. The molecule has 0 saturated heterocycles. The summed E-state index contributed by atoms with van der Waals surface area (Å²) < 4.78 is 0. The molecule has 2 nitrogen and oxygen atoms in total. The first kappa shape index (κ1) is 15.9. The first-order chi connectivity index (χ1) is 12.2. The third-order valence-corrected chi connectivity index (χ3v) is 5.16. The molecule has 0 fully saturated rings. The highest BCUT2D eigenvalue weighted by atomic mass is 16.2. The van der Waals surface area contributed by atoms with Crippen LogP contribution in [0.4, 0.5) is 5.69 Å². The number of anilines is 1. The Hall–Kier alpha value is -2.61. The predicted molar refractivity (Wildman–Crippen MR) is 104 cm³/mol. The van der Waals surface area contributed by atoms with Gasteiger partial charge in [-0.2, -0.15) is 0 Å². The fraction of sp³-hybridized carbons (Fsp3) is 0.261. The highest BCUT2D eigenvalue weighted by Crippen LogP contribution is 2.44. The van der Waals surface area contributed by atoms with Crippen molar-refractivity contribution in [1.29, 1.82) is 0 Å². The molecule has 3 aromatic carbocycles. The highest BCUT2D eigenvalue weighted by Gasteiger charge is 2.33. The number of hydrogen-bond donors (Lipinski definition) is 0. The van der Waals surface area contributed by atoms with Crippen LogP contribution < -0.4 is 4.90 Å². The van der Waals surface area contributed by atoms with Crippen LogP contribution in [0.15, 0.2) is 60.7 Å². The molecule has 2 heteroatoms. The number of fused-ring (bicyclic) bond motifs is 3. The van der Waals surface area contributed by atoms with E-state index < -0.39 is 0 Å². The van der Waals surface area contributed by atoms with E-state index in [1.54, 1.807) is 0 Å². The standard InChI is InChI=1S/C23H23NO/c1-3-13-24-21-12-11-17-8-4-5-10-19(17)23(21)20(15-22(24)25)18-9-6-7-16(2)14-18/h4-12,14,20H,3,13,15H2,1-2H3. The number of carbonyl (C=O) groups excluding carboxylic acids is 1. The zero-order valence-corrected chi connectivity index (χ0v) is 14.8. The normalized spacial score (nSPS) is 17.0. The zero-order chi connectivity index (χ0) is 17.4. The van der Waals surface area contributed by atoms with Crippen LogP contribution in [0.3, 0.4) is 0 Å². The summed E-state index contributed by atoms with van der Waals surface area (Å²) in [5.74, 6) is 0.359. The second-order valence-corrected chi connectivity index (χ2v) is 6.94. The van der Waals surface area contributed by atoms with E-state index in [2.05, 4.69) is 74.5 Å². The van der Waals surface area contributed by atoms with Gasteiger partial charge in [-0.3, -0.25) is 4.79 Å². The average molecular weight is 329 g/mol. The van der Waals surface area contributed by atoms with E-state index in [9.17, 15) is 4.79 Å². The van der Waals surface area contributed by atoms with E-state index in [0.29, 0.717) is 6.42 Å². The summed E-state index contributed by atoms with van der Waals surface area (Å²) in [6.07, 6.45) is 1.51. The maximum Gasteiger partial charge on any atom is 0.227 e. The van der Waals surface area contributed by atoms with Crippen molar-refractivity contribution in [3.05, 3.63) is 77.4 Å². The van der Waals surface area contributed by atoms with Crippen LogP contribution in [0.25, 0.3) is 10.8 Å². The predicted octanol–water partition coefficient (Wildman–Crippen LogP) is 5.43. The molecule has 25 heavy (non-hydrogen) atoms. The molecule has 1 unspecified atom stereocenters. The fourth-order valence-corrected chi connectivity index (χ4v) is 4.05.